The van der Waals surface area contributed by atoms with Crippen LogP contribution in [0.3, 0.4) is 0 Å². The minimum Gasteiger partial charge on any atom is -0.480 e. The van der Waals surface area contributed by atoms with E-state index in [-0.39, 0.29) is 17.6 Å². The quantitative estimate of drug-likeness (QED) is 0.765. The van der Waals surface area contributed by atoms with E-state index in [0.29, 0.717) is 38.8 Å². The molecule has 2 N–H and O–H groups in total. The van der Waals surface area contributed by atoms with Gasteiger partial charge >= 0.3 is 5.97 Å². The van der Waals surface area contributed by atoms with Gasteiger partial charge in [0.1, 0.15) is 5.54 Å². The lowest BCUT2D eigenvalue weighted by Gasteiger charge is -2.33. The normalized spacial score (nSPS) is 23.3. The minimum absolute atomic E-state index is 0.0615. The number of nitrogens with zero attached hydrogens (tertiary/aromatic N) is 1. The largest absolute Gasteiger partial charge is 0.480 e. The van der Waals surface area contributed by atoms with E-state index in [1.807, 2.05) is 0 Å². The Balaban J connectivity index is 1.94. The summed E-state index contributed by atoms with van der Waals surface area (Å²) in [7, 11) is -3.21. The van der Waals surface area contributed by atoms with E-state index in [1.165, 1.54) is 4.31 Å². The molecule has 126 valence electrons. The number of piperidine rings is 1. The molecule has 7 nitrogen and oxygen atoms in total. The van der Waals surface area contributed by atoms with Crippen LogP contribution in [0.2, 0.25) is 0 Å². The van der Waals surface area contributed by atoms with E-state index in [4.69, 9.17) is 0 Å². The van der Waals surface area contributed by atoms with Gasteiger partial charge in [0.15, 0.2) is 0 Å². The molecule has 1 amide bonds. The Bertz CT molecular complexity index is 531. The van der Waals surface area contributed by atoms with Crippen LogP contribution in [0.15, 0.2) is 0 Å². The van der Waals surface area contributed by atoms with E-state index in [2.05, 4.69) is 5.32 Å². The van der Waals surface area contributed by atoms with Crippen molar-refractivity contribution in [3.05, 3.63) is 0 Å². The van der Waals surface area contributed by atoms with E-state index >= 15 is 0 Å². The Morgan fingerprint density at radius 1 is 1.23 bits per heavy atom. The van der Waals surface area contributed by atoms with Crippen LogP contribution in [0, 0.1) is 5.92 Å². The first-order valence-electron chi connectivity index (χ1n) is 7.84. The SMILES string of the molecule is CCS(=O)(=O)N1CCC(C(=O)NC2(C(=O)O)CCCC2)CC1. The molecule has 1 saturated carbocycles. The minimum atomic E-state index is -3.21. The van der Waals surface area contributed by atoms with Gasteiger partial charge in [-0.3, -0.25) is 4.79 Å². The molecule has 0 bridgehead atoms. The van der Waals surface area contributed by atoms with Gasteiger partial charge in [-0.25, -0.2) is 17.5 Å². The number of carboxylic acid groups (broad SMARTS) is 1. The number of hydrogen-bond donors (Lipinski definition) is 2. The van der Waals surface area contributed by atoms with Crippen molar-refractivity contribution < 1.29 is 23.1 Å². The lowest BCUT2D eigenvalue weighted by Crippen LogP contribution is -2.55. The molecule has 1 aliphatic carbocycles. The van der Waals surface area contributed by atoms with Crippen LogP contribution in [0.1, 0.15) is 45.4 Å². The highest BCUT2D eigenvalue weighted by Crippen LogP contribution is 2.31. The molecule has 0 unspecified atom stereocenters. The van der Waals surface area contributed by atoms with Crippen LogP contribution in [-0.2, 0) is 19.6 Å². The van der Waals surface area contributed by atoms with Crippen LogP contribution in [-0.4, -0.2) is 54.1 Å². The molecule has 0 aromatic rings. The van der Waals surface area contributed by atoms with Crippen molar-refractivity contribution in [3.63, 3.8) is 0 Å². The Kier molecular flexibility index (Phi) is 5.11. The molecule has 2 rings (SSSR count). The molecule has 2 fully saturated rings. The lowest BCUT2D eigenvalue weighted by molar-refractivity contribution is -0.148. The number of rotatable bonds is 5. The van der Waals surface area contributed by atoms with Crippen molar-refractivity contribution in [3.8, 4) is 0 Å². The highest BCUT2D eigenvalue weighted by atomic mass is 32.2. The Morgan fingerprint density at radius 2 is 1.77 bits per heavy atom. The number of carbonyl (C=O) groups is 2. The summed E-state index contributed by atoms with van der Waals surface area (Å²) >= 11 is 0. The maximum atomic E-state index is 12.3. The molecule has 0 spiro atoms. The van der Waals surface area contributed by atoms with Gasteiger partial charge in [-0.2, -0.15) is 0 Å². The zero-order valence-corrected chi connectivity index (χ0v) is 13.7. The molecule has 0 aromatic heterocycles. The number of hydrogen-bond acceptors (Lipinski definition) is 4. The molecule has 22 heavy (non-hydrogen) atoms. The molecular formula is C14H24N2O5S. The van der Waals surface area contributed by atoms with Crippen molar-refractivity contribution in [1.82, 2.24) is 9.62 Å². The summed E-state index contributed by atoms with van der Waals surface area (Å²) in [4.78, 5) is 23.8. The average molecular weight is 332 g/mol. The molecule has 0 aromatic carbocycles. The lowest BCUT2D eigenvalue weighted by atomic mass is 9.92. The van der Waals surface area contributed by atoms with Crippen LogP contribution in [0.25, 0.3) is 0 Å². The highest BCUT2D eigenvalue weighted by molar-refractivity contribution is 7.89. The summed E-state index contributed by atoms with van der Waals surface area (Å²) in [5, 5.41) is 12.1. The highest BCUT2D eigenvalue weighted by Gasteiger charge is 2.44. The smallest absolute Gasteiger partial charge is 0.329 e. The molecule has 1 heterocycles. The van der Waals surface area contributed by atoms with Gasteiger partial charge in [-0.15, -0.1) is 0 Å². The zero-order valence-electron chi connectivity index (χ0n) is 12.9. The third-order valence-electron chi connectivity index (χ3n) is 4.81. The maximum Gasteiger partial charge on any atom is 0.329 e. The monoisotopic (exact) mass is 332 g/mol. The number of carbonyl (C=O) groups excluding carboxylic acids is 1. The summed E-state index contributed by atoms with van der Waals surface area (Å²) in [6, 6.07) is 0. The second kappa shape index (κ2) is 6.54. The Labute approximate surface area is 131 Å². The first-order valence-corrected chi connectivity index (χ1v) is 9.45. The number of nitrogens with one attached hydrogen (secondary N) is 1. The fourth-order valence-corrected chi connectivity index (χ4v) is 4.42. The van der Waals surface area contributed by atoms with Gasteiger partial charge in [-0.1, -0.05) is 12.8 Å². The summed E-state index contributed by atoms with van der Waals surface area (Å²) in [5.74, 6) is -1.46. The standard InChI is InChI=1S/C14H24N2O5S/c1-2-22(20,21)16-9-5-11(6-10-16)12(17)15-14(13(18)19)7-3-4-8-14/h11H,2-10H2,1H3,(H,15,17)(H,18,19). The molecule has 0 atom stereocenters. The topological polar surface area (TPSA) is 104 Å². The second-order valence-corrected chi connectivity index (χ2v) is 8.42. The fraction of sp³-hybridized carbons (Fsp3) is 0.857. The van der Waals surface area contributed by atoms with Crippen molar-refractivity contribution in [1.29, 1.82) is 0 Å². The molecule has 1 saturated heterocycles. The fourth-order valence-electron chi connectivity index (χ4n) is 3.29. The number of sulfonamides is 1. The van der Waals surface area contributed by atoms with E-state index in [0.717, 1.165) is 12.8 Å². The van der Waals surface area contributed by atoms with Gasteiger partial charge in [0.05, 0.1) is 5.75 Å². The maximum absolute atomic E-state index is 12.3. The van der Waals surface area contributed by atoms with Crippen LogP contribution in [0.5, 0.6) is 0 Å². The summed E-state index contributed by atoms with van der Waals surface area (Å²) in [6.07, 6.45) is 3.44. The molecule has 2 aliphatic rings. The molecule has 1 aliphatic heterocycles. The number of carboxylic acids is 1. The van der Waals surface area contributed by atoms with Gasteiger partial charge in [-0.05, 0) is 32.6 Å². The molecule has 8 heteroatoms. The Morgan fingerprint density at radius 3 is 2.23 bits per heavy atom. The number of aliphatic carboxylic acids is 1. The third-order valence-corrected chi connectivity index (χ3v) is 6.69. The van der Waals surface area contributed by atoms with E-state index in [9.17, 15) is 23.1 Å². The van der Waals surface area contributed by atoms with Crippen molar-refractivity contribution in [2.45, 2.75) is 51.0 Å². The Hall–Kier alpha value is -1.15. The van der Waals surface area contributed by atoms with E-state index < -0.39 is 21.5 Å². The van der Waals surface area contributed by atoms with Crippen LogP contribution in [0.4, 0.5) is 0 Å². The van der Waals surface area contributed by atoms with Crippen molar-refractivity contribution in [2.75, 3.05) is 18.8 Å². The summed E-state index contributed by atoms with van der Waals surface area (Å²) in [6.45, 7) is 2.26. The molecule has 0 radical (unpaired) electrons. The van der Waals surface area contributed by atoms with Crippen molar-refractivity contribution in [2.24, 2.45) is 5.92 Å². The second-order valence-electron chi connectivity index (χ2n) is 6.16. The first kappa shape index (κ1) is 17.2. The summed E-state index contributed by atoms with van der Waals surface area (Å²) < 4.78 is 25.0. The van der Waals surface area contributed by atoms with Gasteiger partial charge in [0.25, 0.3) is 0 Å². The summed E-state index contributed by atoms with van der Waals surface area (Å²) in [5.41, 5.74) is -1.12. The van der Waals surface area contributed by atoms with Crippen molar-refractivity contribution >= 4 is 21.9 Å². The van der Waals surface area contributed by atoms with Crippen LogP contribution < -0.4 is 5.32 Å². The van der Waals surface area contributed by atoms with Crippen LogP contribution >= 0.6 is 0 Å². The predicted octanol–water partition coefficient (Wildman–Crippen LogP) is 0.562. The number of amides is 1. The predicted molar refractivity (Wildman–Crippen MR) is 80.7 cm³/mol. The van der Waals surface area contributed by atoms with Gasteiger partial charge < -0.3 is 10.4 Å². The first-order chi connectivity index (χ1) is 10.3. The molecular weight excluding hydrogens is 308 g/mol. The van der Waals surface area contributed by atoms with E-state index in [1.54, 1.807) is 6.92 Å². The van der Waals surface area contributed by atoms with Gasteiger partial charge in [0.2, 0.25) is 15.9 Å². The van der Waals surface area contributed by atoms with Gasteiger partial charge in [0, 0.05) is 19.0 Å². The average Bonchev–Trinajstić information content (AvgIpc) is 2.97. The third kappa shape index (κ3) is 3.43. The zero-order chi connectivity index (χ0) is 16.4.